The van der Waals surface area contributed by atoms with Gasteiger partial charge in [-0.05, 0) is 43.5 Å². The summed E-state index contributed by atoms with van der Waals surface area (Å²) in [6.07, 6.45) is 1.67. The summed E-state index contributed by atoms with van der Waals surface area (Å²) in [6, 6.07) is 15.1. The van der Waals surface area contributed by atoms with Crippen molar-refractivity contribution < 1.29 is 19.1 Å². The normalized spacial score (nSPS) is 11.8. The van der Waals surface area contributed by atoms with Gasteiger partial charge in [0.2, 0.25) is 5.91 Å². The molecule has 0 aliphatic rings. The van der Waals surface area contributed by atoms with Crippen molar-refractivity contribution in [3.63, 3.8) is 0 Å². The van der Waals surface area contributed by atoms with E-state index in [4.69, 9.17) is 4.74 Å². The number of ether oxygens (including phenoxy) is 1. The molecule has 0 spiro atoms. The van der Waals surface area contributed by atoms with E-state index in [1.807, 2.05) is 30.3 Å². The minimum Gasteiger partial charge on any atom is -0.457 e. The molecule has 2 aromatic heterocycles. The smallest absolute Gasteiger partial charge is 0.349 e. The average Bonchev–Trinajstić information content (AvgIpc) is 3.22. The van der Waals surface area contributed by atoms with E-state index in [-0.39, 0.29) is 12.4 Å². The predicted octanol–water partition coefficient (Wildman–Crippen LogP) is 4.92. The SMILES string of the molecule is CCC(C(=O)Nc1cccc(C(C)=O)c1)n1cnc2sc(C(=O)OCc3ccccc3)c(C)c2c1=O. The molecule has 9 heteroatoms. The van der Waals surface area contributed by atoms with Gasteiger partial charge in [-0.15, -0.1) is 11.3 Å². The van der Waals surface area contributed by atoms with Gasteiger partial charge in [-0.3, -0.25) is 19.0 Å². The number of Topliss-reactive ketones (excluding diaryl/α,β-unsaturated/α-hetero) is 1. The summed E-state index contributed by atoms with van der Waals surface area (Å²) in [6.45, 7) is 5.04. The van der Waals surface area contributed by atoms with Gasteiger partial charge in [-0.1, -0.05) is 49.4 Å². The first-order valence-electron chi connectivity index (χ1n) is 11.4. The first-order chi connectivity index (χ1) is 17.3. The molecule has 0 aliphatic carbocycles. The van der Waals surface area contributed by atoms with Crippen molar-refractivity contribution in [3.8, 4) is 0 Å². The van der Waals surface area contributed by atoms with E-state index in [9.17, 15) is 19.2 Å². The van der Waals surface area contributed by atoms with Crippen LogP contribution in [0, 0.1) is 6.92 Å². The fraction of sp³-hybridized carbons (Fsp3) is 0.222. The van der Waals surface area contributed by atoms with Crippen LogP contribution in [0.2, 0.25) is 0 Å². The Bertz CT molecular complexity index is 1510. The lowest BCUT2D eigenvalue weighted by atomic mass is 10.1. The van der Waals surface area contributed by atoms with Crippen molar-refractivity contribution in [2.24, 2.45) is 0 Å². The number of ketones is 1. The maximum absolute atomic E-state index is 13.4. The van der Waals surface area contributed by atoms with Gasteiger partial charge in [0.05, 0.1) is 11.7 Å². The van der Waals surface area contributed by atoms with Gasteiger partial charge in [0.15, 0.2) is 5.78 Å². The van der Waals surface area contributed by atoms with Crippen molar-refractivity contribution in [1.82, 2.24) is 9.55 Å². The van der Waals surface area contributed by atoms with E-state index in [2.05, 4.69) is 10.3 Å². The molecule has 1 N–H and O–H groups in total. The van der Waals surface area contributed by atoms with Gasteiger partial charge < -0.3 is 10.1 Å². The topological polar surface area (TPSA) is 107 Å². The van der Waals surface area contributed by atoms with Gasteiger partial charge in [0.25, 0.3) is 5.56 Å². The third kappa shape index (κ3) is 5.11. The Morgan fingerprint density at radius 3 is 2.56 bits per heavy atom. The molecule has 0 aliphatic heterocycles. The van der Waals surface area contributed by atoms with Crippen LogP contribution in [0.15, 0.2) is 65.7 Å². The van der Waals surface area contributed by atoms with Gasteiger partial charge in [0, 0.05) is 11.3 Å². The quantitative estimate of drug-likeness (QED) is 0.270. The van der Waals surface area contributed by atoms with E-state index < -0.39 is 23.5 Å². The molecule has 184 valence electrons. The zero-order valence-electron chi connectivity index (χ0n) is 20.1. The fourth-order valence-electron chi connectivity index (χ4n) is 3.89. The Morgan fingerprint density at radius 2 is 1.86 bits per heavy atom. The third-order valence-electron chi connectivity index (χ3n) is 5.84. The molecular weight excluding hydrogens is 478 g/mol. The Kier molecular flexibility index (Phi) is 7.40. The highest BCUT2D eigenvalue weighted by Gasteiger charge is 2.25. The maximum atomic E-state index is 13.4. The number of esters is 1. The number of amides is 1. The summed E-state index contributed by atoms with van der Waals surface area (Å²) < 4.78 is 6.72. The van der Waals surface area contributed by atoms with E-state index in [0.717, 1.165) is 16.9 Å². The summed E-state index contributed by atoms with van der Waals surface area (Å²) in [5, 5.41) is 3.07. The van der Waals surface area contributed by atoms with Crippen LogP contribution in [0.25, 0.3) is 10.2 Å². The first kappa shape index (κ1) is 25.0. The highest BCUT2D eigenvalue weighted by Crippen LogP contribution is 2.28. The number of nitrogens with zero attached hydrogens (tertiary/aromatic N) is 2. The zero-order chi connectivity index (χ0) is 25.8. The van der Waals surface area contributed by atoms with Crippen molar-refractivity contribution in [1.29, 1.82) is 0 Å². The van der Waals surface area contributed by atoms with Crippen molar-refractivity contribution >= 4 is 44.9 Å². The van der Waals surface area contributed by atoms with E-state index in [0.29, 0.717) is 38.3 Å². The molecule has 0 saturated heterocycles. The van der Waals surface area contributed by atoms with Crippen LogP contribution in [0.1, 0.15) is 57.5 Å². The van der Waals surface area contributed by atoms with Crippen molar-refractivity contribution in [2.45, 2.75) is 39.8 Å². The minimum atomic E-state index is -0.830. The van der Waals surface area contributed by atoms with Gasteiger partial charge in [0.1, 0.15) is 22.4 Å². The van der Waals surface area contributed by atoms with E-state index in [1.54, 1.807) is 38.1 Å². The molecule has 4 aromatic rings. The molecule has 2 aromatic carbocycles. The number of fused-ring (bicyclic) bond motifs is 1. The molecule has 8 nitrogen and oxygen atoms in total. The predicted molar refractivity (Wildman–Crippen MR) is 139 cm³/mol. The fourth-order valence-corrected chi connectivity index (χ4v) is 4.93. The average molecular weight is 504 g/mol. The lowest BCUT2D eigenvalue weighted by Crippen LogP contribution is -2.33. The number of benzene rings is 2. The Labute approximate surface area is 211 Å². The summed E-state index contributed by atoms with van der Waals surface area (Å²) in [7, 11) is 0. The second-order valence-electron chi connectivity index (χ2n) is 8.31. The van der Waals surface area contributed by atoms with Gasteiger partial charge in [-0.2, -0.15) is 0 Å². The van der Waals surface area contributed by atoms with Gasteiger partial charge >= 0.3 is 5.97 Å². The number of aromatic nitrogens is 2. The van der Waals surface area contributed by atoms with Crippen LogP contribution in [0.5, 0.6) is 0 Å². The second-order valence-corrected chi connectivity index (χ2v) is 9.30. The molecule has 1 amide bonds. The van der Waals surface area contributed by atoms with Crippen molar-refractivity contribution in [2.75, 3.05) is 5.32 Å². The molecule has 0 saturated carbocycles. The lowest BCUT2D eigenvalue weighted by Gasteiger charge is -2.18. The molecule has 1 unspecified atom stereocenters. The highest BCUT2D eigenvalue weighted by atomic mass is 32.1. The molecule has 0 bridgehead atoms. The molecule has 36 heavy (non-hydrogen) atoms. The van der Waals surface area contributed by atoms with E-state index >= 15 is 0 Å². The van der Waals surface area contributed by atoms with Crippen LogP contribution in [0.3, 0.4) is 0 Å². The monoisotopic (exact) mass is 503 g/mol. The second kappa shape index (κ2) is 10.7. The largest absolute Gasteiger partial charge is 0.457 e. The summed E-state index contributed by atoms with van der Waals surface area (Å²) >= 11 is 1.09. The number of aryl methyl sites for hydroxylation is 1. The highest BCUT2D eigenvalue weighted by molar-refractivity contribution is 7.20. The number of nitrogens with one attached hydrogen (secondary N) is 1. The van der Waals surface area contributed by atoms with Crippen LogP contribution in [0.4, 0.5) is 5.69 Å². The van der Waals surface area contributed by atoms with Crippen LogP contribution in [-0.2, 0) is 16.1 Å². The number of carbonyl (C=O) groups is 3. The number of thiophene rings is 1. The Hall–Kier alpha value is -4.11. The summed E-state index contributed by atoms with van der Waals surface area (Å²) in [5.74, 6) is -1.05. The maximum Gasteiger partial charge on any atom is 0.349 e. The molecule has 0 fully saturated rings. The first-order valence-corrected chi connectivity index (χ1v) is 12.2. The van der Waals surface area contributed by atoms with Crippen LogP contribution in [-0.4, -0.2) is 27.2 Å². The summed E-state index contributed by atoms with van der Waals surface area (Å²) in [5.41, 5.74) is 1.86. The molecule has 2 heterocycles. The number of rotatable bonds is 8. The standard InChI is InChI=1S/C27H25N3O5S/c1-4-21(24(32)29-20-12-8-11-19(13-20)17(3)31)30-15-28-25-22(26(30)33)16(2)23(36-25)27(34)35-14-18-9-6-5-7-10-18/h5-13,15,21H,4,14H2,1-3H3,(H,29,32). The van der Waals surface area contributed by atoms with Crippen molar-refractivity contribution in [3.05, 3.63) is 92.8 Å². The molecule has 0 radical (unpaired) electrons. The Morgan fingerprint density at radius 1 is 1.11 bits per heavy atom. The third-order valence-corrected chi connectivity index (χ3v) is 7.02. The minimum absolute atomic E-state index is 0.116. The molecular formula is C27H25N3O5S. The Balaban J connectivity index is 1.60. The van der Waals surface area contributed by atoms with E-state index in [1.165, 1.54) is 17.8 Å². The van der Waals surface area contributed by atoms with Crippen LogP contribution >= 0.6 is 11.3 Å². The number of carbonyl (C=O) groups excluding carboxylic acids is 3. The number of anilines is 1. The van der Waals surface area contributed by atoms with Crippen LogP contribution < -0.4 is 10.9 Å². The molecule has 1 atom stereocenters. The molecule has 4 rings (SSSR count). The number of hydrogen-bond acceptors (Lipinski definition) is 7. The zero-order valence-corrected chi connectivity index (χ0v) is 20.9. The number of hydrogen-bond donors (Lipinski definition) is 1. The van der Waals surface area contributed by atoms with Gasteiger partial charge in [-0.25, -0.2) is 9.78 Å². The summed E-state index contributed by atoms with van der Waals surface area (Å²) in [4.78, 5) is 56.0. The lowest BCUT2D eigenvalue weighted by molar-refractivity contribution is -0.119.